The molecule has 0 aromatic heterocycles. The van der Waals surface area contributed by atoms with E-state index >= 15 is 0 Å². The van der Waals surface area contributed by atoms with E-state index in [1.165, 1.54) is 0 Å². The molecule has 0 aromatic carbocycles. The first kappa shape index (κ1) is 65.7. The van der Waals surface area contributed by atoms with E-state index in [0.29, 0.717) is 0 Å². The van der Waals surface area contributed by atoms with Gasteiger partial charge in [0.2, 0.25) is 0 Å². The molecule has 0 N–H and O–H groups in total. The Morgan fingerprint density at radius 1 is 0.750 bits per heavy atom. The minimum atomic E-state index is 0. The predicted molar refractivity (Wildman–Crippen MR) is 4.27 cm³/mol. The van der Waals surface area contributed by atoms with Gasteiger partial charge in [0, 0.05) is 12.3 Å². The zero-order chi connectivity index (χ0) is 0. The predicted octanol–water partition coefficient (Wildman–Crippen LogP) is -3.96. The SMILES string of the molecule is [Cu+].[I-].[N].[N]. The van der Waals surface area contributed by atoms with Crippen LogP contribution in [0.25, 0.3) is 0 Å². The first-order valence-electron chi connectivity index (χ1n) is 0. The third-order valence-corrected chi connectivity index (χ3v) is 0. The van der Waals surface area contributed by atoms with Crippen molar-refractivity contribution in [2.24, 2.45) is 0 Å². The zero-order valence-corrected chi connectivity index (χ0v) is 4.67. The van der Waals surface area contributed by atoms with Crippen molar-refractivity contribution >= 4 is 0 Å². The van der Waals surface area contributed by atoms with Crippen LogP contribution in [0.2, 0.25) is 0 Å². The Hall–Kier alpha value is 1.17. The second-order valence-electron chi connectivity index (χ2n) is 0. The van der Waals surface area contributed by atoms with Gasteiger partial charge in [-0.15, -0.1) is 0 Å². The van der Waals surface area contributed by atoms with Crippen molar-refractivity contribution in [2.45, 2.75) is 0 Å². The largest absolute Gasteiger partial charge is 1.00 e. The zero-order valence-electron chi connectivity index (χ0n) is 1.57. The van der Waals surface area contributed by atoms with Gasteiger partial charge in [-0.3, -0.25) is 0 Å². The number of nitrogens with zero attached hydrogens (tertiary/aromatic N) is 2. The van der Waals surface area contributed by atoms with Crippen molar-refractivity contribution in [3.63, 3.8) is 0 Å². The van der Waals surface area contributed by atoms with Crippen molar-refractivity contribution in [3.8, 4) is 0 Å². The van der Waals surface area contributed by atoms with Crippen LogP contribution in [0.15, 0.2) is 0 Å². The third-order valence-electron chi connectivity index (χ3n) is 0. The molecule has 4 heteroatoms. The van der Waals surface area contributed by atoms with E-state index in [9.17, 15) is 0 Å². The summed E-state index contributed by atoms with van der Waals surface area (Å²) in [7, 11) is 0. The molecule has 2 nitrogen and oxygen atoms in total. The first-order valence-corrected chi connectivity index (χ1v) is 0. The molecule has 0 unspecified atom stereocenters. The molecule has 0 aliphatic heterocycles. The first-order chi connectivity index (χ1) is 0. The summed E-state index contributed by atoms with van der Waals surface area (Å²) in [5, 5.41) is 0. The molecule has 0 spiro atoms. The Labute approximate surface area is 53.4 Å². The molecule has 0 bridgehead atoms. The Kier molecular flexibility index (Phi) is 503. The number of hydrogen-bond donors (Lipinski definition) is 0. The maximum Gasteiger partial charge on any atom is 1.00 e. The van der Waals surface area contributed by atoms with E-state index < -0.39 is 0 Å². The normalized spacial score (nSPS) is 0. The van der Waals surface area contributed by atoms with Crippen molar-refractivity contribution in [1.29, 1.82) is 0 Å². The van der Waals surface area contributed by atoms with Crippen LogP contribution >= 0.6 is 0 Å². The molecule has 0 saturated carbocycles. The quantitative estimate of drug-likeness (QED) is 0.294. The average Bonchev–Trinajstić information content (AvgIpc) is 0. The molecule has 6 radical (unpaired) electrons. The molecule has 0 aliphatic rings. The van der Waals surface area contributed by atoms with Crippen LogP contribution in [0.5, 0.6) is 0 Å². The van der Waals surface area contributed by atoms with Crippen LogP contribution in [-0.4, -0.2) is 0 Å². The molecule has 0 aromatic rings. The summed E-state index contributed by atoms with van der Waals surface area (Å²) < 4.78 is 0. The standard InChI is InChI=1S/Cu.HI.2N/h;1H;;/q+1;;;/p-1. The molecule has 4 heavy (non-hydrogen) atoms. The minimum Gasteiger partial charge on any atom is -1.00 e. The monoisotopic (exact) mass is 218 g/mol. The van der Waals surface area contributed by atoms with Crippen LogP contribution in [0.4, 0.5) is 0 Å². The van der Waals surface area contributed by atoms with Gasteiger partial charge < -0.3 is 24.0 Å². The fraction of sp³-hybridized carbons (Fsp3) is 0. The van der Waals surface area contributed by atoms with Crippen LogP contribution in [0.3, 0.4) is 0 Å². The molecule has 0 rings (SSSR count). The summed E-state index contributed by atoms with van der Waals surface area (Å²) in [6, 6.07) is 0. The Morgan fingerprint density at radius 2 is 0.750 bits per heavy atom. The van der Waals surface area contributed by atoms with Gasteiger partial charge in [-0.25, -0.2) is 0 Å². The molecule has 28 valence electrons. The van der Waals surface area contributed by atoms with Gasteiger partial charge in [0.15, 0.2) is 0 Å². The van der Waals surface area contributed by atoms with E-state index in [0.717, 1.165) is 0 Å². The fourth-order valence-corrected chi connectivity index (χ4v) is 0. The van der Waals surface area contributed by atoms with Crippen LogP contribution in [-0.2, 0) is 17.1 Å². The summed E-state index contributed by atoms with van der Waals surface area (Å²) in [5.74, 6) is 0. The Morgan fingerprint density at radius 3 is 0.750 bits per heavy atom. The summed E-state index contributed by atoms with van der Waals surface area (Å²) in [6.45, 7) is 0. The fourth-order valence-electron chi connectivity index (χ4n) is 0. The van der Waals surface area contributed by atoms with Crippen molar-refractivity contribution < 1.29 is 41.0 Å². The second kappa shape index (κ2) is 30.6. The molecular weight excluding hydrogens is 218 g/mol. The van der Waals surface area contributed by atoms with Gasteiger partial charge in [0.1, 0.15) is 0 Å². The van der Waals surface area contributed by atoms with Crippen LogP contribution < -0.4 is 36.3 Å². The van der Waals surface area contributed by atoms with Gasteiger partial charge >= 0.3 is 17.1 Å². The van der Waals surface area contributed by atoms with E-state index in [4.69, 9.17) is 0 Å². The molecule has 0 atom stereocenters. The van der Waals surface area contributed by atoms with Crippen molar-refractivity contribution in [1.82, 2.24) is 12.3 Å². The van der Waals surface area contributed by atoms with Crippen molar-refractivity contribution in [2.75, 3.05) is 0 Å². The Bertz CT molecular complexity index is 6.00. The second-order valence-corrected chi connectivity index (χ2v) is 0. The van der Waals surface area contributed by atoms with Crippen LogP contribution in [0, 0.1) is 0 Å². The summed E-state index contributed by atoms with van der Waals surface area (Å²) in [5.41, 5.74) is 0. The summed E-state index contributed by atoms with van der Waals surface area (Å²) in [6.07, 6.45) is 0. The number of rotatable bonds is 0. The van der Waals surface area contributed by atoms with Crippen molar-refractivity contribution in [3.05, 3.63) is 0 Å². The maximum atomic E-state index is 0. The summed E-state index contributed by atoms with van der Waals surface area (Å²) >= 11 is 0. The maximum absolute atomic E-state index is 0. The average molecular weight is 218 g/mol. The van der Waals surface area contributed by atoms with Gasteiger partial charge in [-0.1, -0.05) is 0 Å². The molecular formula is CuIN2. The smallest absolute Gasteiger partial charge is 1.00 e. The van der Waals surface area contributed by atoms with E-state index in [2.05, 4.69) is 0 Å². The topological polar surface area (TPSA) is 61.0 Å². The van der Waals surface area contributed by atoms with Gasteiger partial charge in [-0.05, 0) is 0 Å². The third kappa shape index (κ3) is 10.9. The number of hydrogen-bond acceptors (Lipinski definition) is 0. The van der Waals surface area contributed by atoms with E-state index in [1.54, 1.807) is 0 Å². The van der Waals surface area contributed by atoms with Gasteiger partial charge in [-0.2, -0.15) is 0 Å². The molecule has 0 saturated heterocycles. The molecule has 0 amide bonds. The minimum absolute atomic E-state index is 0. The number of halogens is 1. The van der Waals surface area contributed by atoms with Crippen LogP contribution in [0.1, 0.15) is 0 Å². The van der Waals surface area contributed by atoms with E-state index in [1.807, 2.05) is 0 Å². The summed E-state index contributed by atoms with van der Waals surface area (Å²) in [4.78, 5) is 0. The van der Waals surface area contributed by atoms with E-state index in [-0.39, 0.29) is 53.3 Å². The van der Waals surface area contributed by atoms with Gasteiger partial charge in [0.25, 0.3) is 0 Å². The molecule has 0 heterocycles. The van der Waals surface area contributed by atoms with Gasteiger partial charge in [0.05, 0.1) is 0 Å². The Balaban J connectivity index is 0. The molecule has 0 fully saturated rings. The molecule has 0 aliphatic carbocycles.